The van der Waals surface area contributed by atoms with Crippen LogP contribution in [0.25, 0.3) is 11.0 Å². The summed E-state index contributed by atoms with van der Waals surface area (Å²) in [5, 5.41) is 13.0. The number of aliphatic hydroxyl groups is 1. The van der Waals surface area contributed by atoms with Crippen LogP contribution in [0.5, 0.6) is 5.75 Å². The summed E-state index contributed by atoms with van der Waals surface area (Å²) in [6.07, 6.45) is 1.70. The van der Waals surface area contributed by atoms with Gasteiger partial charge in [0.2, 0.25) is 0 Å². The van der Waals surface area contributed by atoms with Crippen LogP contribution in [-0.2, 0) is 6.54 Å². The zero-order valence-electron chi connectivity index (χ0n) is 17.3. The van der Waals surface area contributed by atoms with Crippen molar-refractivity contribution in [3.05, 3.63) is 93.7 Å². The Balaban J connectivity index is 0.00000306. The number of amides is 1. The number of carbonyl (C=O) groups excluding carboxylic acids is 1. The molecule has 0 saturated heterocycles. The van der Waals surface area contributed by atoms with Gasteiger partial charge in [-0.15, -0.1) is 0 Å². The monoisotopic (exact) mass is 471 g/mol. The Morgan fingerprint density at radius 2 is 1.94 bits per heavy atom. The summed E-state index contributed by atoms with van der Waals surface area (Å²) >= 11 is 12.4. The van der Waals surface area contributed by atoms with Crippen LogP contribution in [0.4, 0.5) is 0 Å². The number of nitrogens with one attached hydrogen (secondary N) is 1. The van der Waals surface area contributed by atoms with Crippen LogP contribution in [-0.4, -0.2) is 27.4 Å². The summed E-state index contributed by atoms with van der Waals surface area (Å²) in [4.78, 5) is 17.7. The van der Waals surface area contributed by atoms with E-state index in [1.807, 2.05) is 47.9 Å². The normalized spacial score (nSPS) is 12.0. The number of fused-ring (bicyclic) bond motifs is 1. The van der Waals surface area contributed by atoms with Gasteiger partial charge in [0, 0.05) is 18.0 Å². The topological polar surface area (TPSA) is 76.4 Å². The highest BCUT2D eigenvalue weighted by Crippen LogP contribution is 2.26. The number of nitrogens with zero attached hydrogens (tertiary/aromatic N) is 2. The molecule has 0 aliphatic rings. The number of hydrogen-bond acceptors (Lipinski definition) is 4. The van der Waals surface area contributed by atoms with Gasteiger partial charge in [-0.1, -0.05) is 47.5 Å². The Morgan fingerprint density at radius 3 is 2.66 bits per heavy atom. The van der Waals surface area contributed by atoms with Crippen LogP contribution in [0.3, 0.4) is 0 Å². The zero-order valence-corrected chi connectivity index (χ0v) is 18.8. The van der Waals surface area contributed by atoms with Gasteiger partial charge in [0.05, 0.1) is 29.0 Å². The fraction of sp³-hybridized carbons (Fsp3) is 0.167. The predicted molar refractivity (Wildman–Crippen MR) is 127 cm³/mol. The molecule has 0 saturated carbocycles. The lowest BCUT2D eigenvalue weighted by Gasteiger charge is -2.16. The fourth-order valence-corrected chi connectivity index (χ4v) is 4.01. The van der Waals surface area contributed by atoms with Gasteiger partial charge >= 0.3 is 0 Å². The summed E-state index contributed by atoms with van der Waals surface area (Å²) in [5.41, 5.74) is 3.68. The van der Waals surface area contributed by atoms with Crippen molar-refractivity contribution in [3.8, 4) is 5.75 Å². The first-order valence-electron chi connectivity index (χ1n) is 9.98. The van der Waals surface area contributed by atoms with Gasteiger partial charge in [-0.25, -0.2) is 4.98 Å². The molecule has 3 aromatic carbocycles. The van der Waals surface area contributed by atoms with E-state index in [0.29, 0.717) is 38.9 Å². The molecule has 0 radical (unpaired) electrons. The molecule has 0 fully saturated rings. The Kier molecular flexibility index (Phi) is 6.65. The number of benzene rings is 3. The Hall–Kier alpha value is -3.06. The van der Waals surface area contributed by atoms with Crippen molar-refractivity contribution in [2.45, 2.75) is 19.5 Å². The number of ether oxygens (including phenoxy) is 1. The summed E-state index contributed by atoms with van der Waals surface area (Å²) in [5.74, 6) is 0.296. The minimum absolute atomic E-state index is 0. The molecule has 1 amide bonds. The number of hydrogen-bond donors (Lipinski definition) is 2. The van der Waals surface area contributed by atoms with E-state index < -0.39 is 0 Å². The second kappa shape index (κ2) is 9.61. The van der Waals surface area contributed by atoms with Crippen LogP contribution in [0.1, 0.15) is 35.9 Å². The standard InChI is InChI=1S/C24H21Cl2N3O3.H2/c1-15(17-5-7-20(8-6-17)32-14-30)28-24(31)21-10-19(26)11-22-23(21)29(13-27-22)12-16-3-2-4-18(25)9-16;/h2-11,13,15,30H,12,14H2,1H3,(H,28,31);1H/t15-;/m0./s1. The van der Waals surface area contributed by atoms with Crippen molar-refractivity contribution in [2.24, 2.45) is 0 Å². The molecule has 4 rings (SSSR count). The highest BCUT2D eigenvalue weighted by molar-refractivity contribution is 6.32. The minimum atomic E-state index is -0.390. The van der Waals surface area contributed by atoms with Crippen LogP contribution in [0, 0.1) is 0 Å². The average molecular weight is 472 g/mol. The maximum absolute atomic E-state index is 13.2. The third-order valence-corrected chi connectivity index (χ3v) is 5.58. The zero-order chi connectivity index (χ0) is 22.7. The molecule has 0 bridgehead atoms. The number of carbonyl (C=O) groups is 1. The van der Waals surface area contributed by atoms with Gasteiger partial charge in [-0.3, -0.25) is 4.79 Å². The maximum atomic E-state index is 13.2. The van der Waals surface area contributed by atoms with E-state index in [-0.39, 0.29) is 20.2 Å². The highest BCUT2D eigenvalue weighted by Gasteiger charge is 2.19. The van der Waals surface area contributed by atoms with Crippen molar-refractivity contribution >= 4 is 40.1 Å². The summed E-state index contributed by atoms with van der Waals surface area (Å²) in [7, 11) is 0. The van der Waals surface area contributed by atoms with Crippen LogP contribution >= 0.6 is 23.2 Å². The number of imidazole rings is 1. The molecule has 6 nitrogen and oxygen atoms in total. The van der Waals surface area contributed by atoms with E-state index in [0.717, 1.165) is 11.1 Å². The first-order chi connectivity index (χ1) is 15.4. The third-order valence-electron chi connectivity index (χ3n) is 5.12. The van der Waals surface area contributed by atoms with E-state index in [1.165, 1.54) is 0 Å². The van der Waals surface area contributed by atoms with Gasteiger partial charge in [0.1, 0.15) is 5.75 Å². The van der Waals surface area contributed by atoms with E-state index in [1.54, 1.807) is 30.6 Å². The van der Waals surface area contributed by atoms with E-state index >= 15 is 0 Å². The van der Waals surface area contributed by atoms with Crippen LogP contribution in [0.2, 0.25) is 10.0 Å². The van der Waals surface area contributed by atoms with Crippen molar-refractivity contribution < 1.29 is 16.1 Å². The molecule has 0 unspecified atom stereocenters. The van der Waals surface area contributed by atoms with Gasteiger partial charge in [0.25, 0.3) is 5.91 Å². The molecular weight excluding hydrogens is 449 g/mol. The van der Waals surface area contributed by atoms with Crippen molar-refractivity contribution in [2.75, 3.05) is 6.79 Å². The summed E-state index contributed by atoms with van der Waals surface area (Å²) < 4.78 is 6.96. The lowest BCUT2D eigenvalue weighted by molar-refractivity contribution is 0.0941. The SMILES string of the molecule is C[C@H](NC(=O)c1cc(Cl)cc2ncn(Cc3cccc(Cl)c3)c12)c1ccc(OCO)cc1.[HH]. The molecule has 2 N–H and O–H groups in total. The van der Waals surface area contributed by atoms with E-state index in [9.17, 15) is 4.79 Å². The molecule has 1 atom stereocenters. The number of rotatable bonds is 7. The second-order valence-corrected chi connectivity index (χ2v) is 8.23. The smallest absolute Gasteiger partial charge is 0.254 e. The fourth-order valence-electron chi connectivity index (χ4n) is 3.58. The van der Waals surface area contributed by atoms with Crippen molar-refractivity contribution in [1.82, 2.24) is 14.9 Å². The molecular formula is C24H23Cl2N3O3. The molecule has 166 valence electrons. The second-order valence-electron chi connectivity index (χ2n) is 7.36. The Bertz CT molecular complexity index is 1260. The van der Waals surface area contributed by atoms with E-state index in [2.05, 4.69) is 10.3 Å². The van der Waals surface area contributed by atoms with Crippen LogP contribution < -0.4 is 10.1 Å². The van der Waals surface area contributed by atoms with Crippen LogP contribution in [0.15, 0.2) is 67.0 Å². The summed E-state index contributed by atoms with van der Waals surface area (Å²) in [6.45, 7) is 2.02. The Labute approximate surface area is 196 Å². The minimum Gasteiger partial charge on any atom is -0.468 e. The molecule has 0 spiro atoms. The molecule has 1 aromatic heterocycles. The first kappa shape index (κ1) is 22.1. The first-order valence-corrected chi connectivity index (χ1v) is 10.7. The maximum Gasteiger partial charge on any atom is 0.254 e. The molecule has 8 heteroatoms. The highest BCUT2D eigenvalue weighted by atomic mass is 35.5. The Morgan fingerprint density at radius 1 is 1.16 bits per heavy atom. The lowest BCUT2D eigenvalue weighted by Crippen LogP contribution is -2.27. The average Bonchev–Trinajstić information content (AvgIpc) is 3.16. The summed E-state index contributed by atoms with van der Waals surface area (Å²) in [6, 6.07) is 17.9. The number of aliphatic hydroxyl groups excluding tert-OH is 1. The van der Waals surface area contributed by atoms with Gasteiger partial charge < -0.3 is 19.7 Å². The lowest BCUT2D eigenvalue weighted by atomic mass is 10.1. The molecule has 1 heterocycles. The van der Waals surface area contributed by atoms with Gasteiger partial charge in [-0.05, 0) is 54.4 Å². The molecule has 4 aromatic rings. The number of aromatic nitrogens is 2. The largest absolute Gasteiger partial charge is 0.468 e. The van der Waals surface area contributed by atoms with Crippen molar-refractivity contribution in [1.29, 1.82) is 0 Å². The van der Waals surface area contributed by atoms with Gasteiger partial charge in [-0.2, -0.15) is 0 Å². The van der Waals surface area contributed by atoms with Gasteiger partial charge in [0.15, 0.2) is 6.79 Å². The number of halogens is 2. The third kappa shape index (κ3) is 4.88. The predicted octanol–water partition coefficient (Wildman–Crippen LogP) is 5.46. The quantitative estimate of drug-likeness (QED) is 0.351. The molecule has 0 aliphatic heterocycles. The van der Waals surface area contributed by atoms with E-state index in [4.69, 9.17) is 33.0 Å². The van der Waals surface area contributed by atoms with Crippen molar-refractivity contribution in [3.63, 3.8) is 0 Å². The molecule has 32 heavy (non-hydrogen) atoms. The molecule has 0 aliphatic carbocycles.